The van der Waals surface area contributed by atoms with Crippen molar-refractivity contribution in [1.82, 2.24) is 4.90 Å². The van der Waals surface area contributed by atoms with E-state index in [1.165, 1.54) is 19.2 Å². The van der Waals surface area contributed by atoms with Crippen molar-refractivity contribution in [3.63, 3.8) is 0 Å². The summed E-state index contributed by atoms with van der Waals surface area (Å²) in [5.74, 6) is -0.306. The summed E-state index contributed by atoms with van der Waals surface area (Å²) in [6, 6.07) is 4.71. The molecule has 0 unspecified atom stereocenters. The summed E-state index contributed by atoms with van der Waals surface area (Å²) in [5, 5.41) is 9.92. The van der Waals surface area contributed by atoms with Crippen molar-refractivity contribution < 1.29 is 27.8 Å². The fourth-order valence-electron chi connectivity index (χ4n) is 3.86. The van der Waals surface area contributed by atoms with Crippen molar-refractivity contribution in [3.8, 4) is 11.5 Å². The molecule has 3 rings (SSSR count). The number of alkyl halides is 3. The third-order valence-electron chi connectivity index (χ3n) is 5.01. The summed E-state index contributed by atoms with van der Waals surface area (Å²) in [6.45, 7) is 0.809. The number of aliphatic hydroxyl groups is 1. The van der Waals surface area contributed by atoms with Gasteiger partial charge in [0.05, 0.1) is 13.2 Å². The number of hydrogen-bond acceptors (Lipinski definition) is 4. The van der Waals surface area contributed by atoms with Crippen molar-refractivity contribution in [2.24, 2.45) is 0 Å². The van der Waals surface area contributed by atoms with E-state index in [-0.39, 0.29) is 17.5 Å². The van der Waals surface area contributed by atoms with Gasteiger partial charge in [0, 0.05) is 11.5 Å². The molecule has 1 aliphatic heterocycles. The zero-order chi connectivity index (χ0) is 17.5. The van der Waals surface area contributed by atoms with Crippen LogP contribution in [0.2, 0.25) is 0 Å². The molecule has 7 heteroatoms. The highest BCUT2D eigenvalue weighted by Crippen LogP contribution is 2.47. The predicted molar refractivity (Wildman–Crippen MR) is 82.2 cm³/mol. The van der Waals surface area contributed by atoms with Gasteiger partial charge in [-0.3, -0.25) is 0 Å². The number of aliphatic hydroxyl groups excluding tert-OH is 1. The molecule has 132 valence electrons. The zero-order valence-electron chi connectivity index (χ0n) is 13.5. The summed E-state index contributed by atoms with van der Waals surface area (Å²) in [7, 11) is 3.27. The van der Waals surface area contributed by atoms with Crippen LogP contribution in [0.3, 0.4) is 0 Å². The Hall–Kier alpha value is -1.73. The Morgan fingerprint density at radius 3 is 2.71 bits per heavy atom. The molecule has 1 fully saturated rings. The number of methoxy groups -OCH3 is 1. The first-order chi connectivity index (χ1) is 11.2. The largest absolute Gasteiger partial charge is 0.573 e. The van der Waals surface area contributed by atoms with Crippen LogP contribution in [0.15, 0.2) is 30.4 Å². The third-order valence-corrected chi connectivity index (χ3v) is 5.01. The molecule has 3 atom stereocenters. The Bertz CT molecular complexity index is 646. The van der Waals surface area contributed by atoms with Crippen molar-refractivity contribution >= 4 is 0 Å². The summed E-state index contributed by atoms with van der Waals surface area (Å²) >= 11 is 0. The lowest BCUT2D eigenvalue weighted by molar-refractivity contribution is -0.275. The molecule has 0 radical (unpaired) electrons. The van der Waals surface area contributed by atoms with Gasteiger partial charge in [0.25, 0.3) is 0 Å². The Morgan fingerprint density at radius 2 is 2.04 bits per heavy atom. The average molecular weight is 343 g/mol. The van der Waals surface area contributed by atoms with Crippen LogP contribution in [0.1, 0.15) is 18.4 Å². The minimum atomic E-state index is -4.78. The van der Waals surface area contributed by atoms with Gasteiger partial charge in [-0.1, -0.05) is 18.2 Å². The van der Waals surface area contributed by atoms with Crippen molar-refractivity contribution in [3.05, 3.63) is 35.9 Å². The van der Waals surface area contributed by atoms with Crippen LogP contribution in [-0.2, 0) is 5.41 Å². The number of halogens is 3. The Labute approximate surface area is 138 Å². The monoisotopic (exact) mass is 343 g/mol. The summed E-state index contributed by atoms with van der Waals surface area (Å²) in [6.07, 6.45) is -0.344. The molecule has 1 N–H and O–H groups in total. The zero-order valence-corrected chi connectivity index (χ0v) is 13.5. The Kier molecular flexibility index (Phi) is 4.25. The van der Waals surface area contributed by atoms with Gasteiger partial charge in [0.1, 0.15) is 0 Å². The number of ether oxygens (including phenoxy) is 2. The summed E-state index contributed by atoms with van der Waals surface area (Å²) < 4.78 is 47.2. The molecule has 1 aromatic rings. The maximum atomic E-state index is 12.7. The van der Waals surface area contributed by atoms with Crippen molar-refractivity contribution in [2.45, 2.75) is 36.8 Å². The van der Waals surface area contributed by atoms with Gasteiger partial charge in [-0.05, 0) is 44.1 Å². The quantitative estimate of drug-likeness (QED) is 0.857. The van der Waals surface area contributed by atoms with E-state index in [0.717, 1.165) is 18.5 Å². The van der Waals surface area contributed by atoms with E-state index in [4.69, 9.17) is 4.74 Å². The number of benzene rings is 1. The fraction of sp³-hybridized carbons (Fsp3) is 0.529. The molecule has 0 saturated carbocycles. The van der Waals surface area contributed by atoms with E-state index in [1.807, 2.05) is 13.1 Å². The van der Waals surface area contributed by atoms with Crippen LogP contribution in [0.5, 0.6) is 11.5 Å². The smallest absolute Gasteiger partial charge is 0.493 e. The van der Waals surface area contributed by atoms with Gasteiger partial charge >= 0.3 is 6.36 Å². The van der Waals surface area contributed by atoms with Crippen LogP contribution < -0.4 is 9.47 Å². The minimum absolute atomic E-state index is 0.0321. The van der Waals surface area contributed by atoms with E-state index >= 15 is 0 Å². The highest BCUT2D eigenvalue weighted by molar-refractivity contribution is 5.48. The van der Waals surface area contributed by atoms with E-state index < -0.39 is 17.9 Å². The molecule has 1 aliphatic carbocycles. The highest BCUT2D eigenvalue weighted by Gasteiger charge is 2.48. The molecular weight excluding hydrogens is 323 g/mol. The number of rotatable bonds is 3. The molecule has 0 aromatic heterocycles. The molecule has 1 heterocycles. The second-order valence-corrected chi connectivity index (χ2v) is 6.36. The van der Waals surface area contributed by atoms with Gasteiger partial charge in [-0.15, -0.1) is 13.2 Å². The first-order valence-electron chi connectivity index (χ1n) is 7.77. The topological polar surface area (TPSA) is 41.9 Å². The van der Waals surface area contributed by atoms with Crippen molar-refractivity contribution in [1.29, 1.82) is 0 Å². The predicted octanol–water partition coefficient (Wildman–Crippen LogP) is 2.86. The van der Waals surface area contributed by atoms with Gasteiger partial charge in [-0.2, -0.15) is 0 Å². The standard InChI is InChI=1S/C17H20F3NO3/c1-21-8-7-16(6-5-12(22)10-15(16)21)11-3-4-13(23-2)14(9-11)24-17(18,19)20/h3-6,9,12,15,22H,7-8,10H2,1-2H3/t12-,15+,16+/m1/s1. The molecule has 0 amide bonds. The molecule has 24 heavy (non-hydrogen) atoms. The van der Waals surface area contributed by atoms with E-state index in [0.29, 0.717) is 6.42 Å². The lowest BCUT2D eigenvalue weighted by Crippen LogP contribution is -2.44. The Morgan fingerprint density at radius 1 is 1.29 bits per heavy atom. The van der Waals surface area contributed by atoms with Crippen LogP contribution in [0, 0.1) is 0 Å². The third kappa shape index (κ3) is 2.98. The number of nitrogens with zero attached hydrogens (tertiary/aromatic N) is 1. The maximum Gasteiger partial charge on any atom is 0.573 e. The lowest BCUT2D eigenvalue weighted by atomic mass is 9.69. The average Bonchev–Trinajstić information content (AvgIpc) is 2.84. The van der Waals surface area contributed by atoms with E-state index in [2.05, 4.69) is 9.64 Å². The highest BCUT2D eigenvalue weighted by atomic mass is 19.4. The van der Waals surface area contributed by atoms with E-state index in [9.17, 15) is 18.3 Å². The Balaban J connectivity index is 2.05. The number of hydrogen-bond donors (Lipinski definition) is 1. The number of fused-ring (bicyclic) bond motifs is 1. The molecule has 0 spiro atoms. The first-order valence-corrected chi connectivity index (χ1v) is 7.77. The van der Waals surface area contributed by atoms with Crippen LogP contribution in [0.4, 0.5) is 13.2 Å². The van der Waals surface area contributed by atoms with Gasteiger partial charge in [0.15, 0.2) is 11.5 Å². The molecular formula is C17H20F3NO3. The van der Waals surface area contributed by atoms with Crippen LogP contribution >= 0.6 is 0 Å². The van der Waals surface area contributed by atoms with Crippen molar-refractivity contribution in [2.75, 3.05) is 20.7 Å². The minimum Gasteiger partial charge on any atom is -0.493 e. The number of likely N-dealkylation sites (tertiary alicyclic amines) is 1. The molecule has 4 nitrogen and oxygen atoms in total. The first kappa shape index (κ1) is 17.1. The second-order valence-electron chi connectivity index (χ2n) is 6.36. The second kappa shape index (κ2) is 5.97. The van der Waals surface area contributed by atoms with Crippen LogP contribution in [-0.4, -0.2) is 49.2 Å². The van der Waals surface area contributed by atoms with Gasteiger partial charge in [0.2, 0.25) is 0 Å². The number of likely N-dealkylation sites (N-methyl/N-ethyl adjacent to an activating group) is 1. The SMILES string of the molecule is COc1ccc([C@@]23C=C[C@@H](O)C[C@@H]2N(C)CC3)cc1OC(F)(F)F. The van der Waals surface area contributed by atoms with E-state index in [1.54, 1.807) is 12.1 Å². The maximum absolute atomic E-state index is 12.7. The molecule has 0 bridgehead atoms. The molecule has 1 aromatic carbocycles. The normalized spacial score (nSPS) is 30.2. The van der Waals surface area contributed by atoms with Crippen LogP contribution in [0.25, 0.3) is 0 Å². The summed E-state index contributed by atoms with van der Waals surface area (Å²) in [5.41, 5.74) is 0.310. The lowest BCUT2D eigenvalue weighted by Gasteiger charge is -2.39. The summed E-state index contributed by atoms with van der Waals surface area (Å²) in [4.78, 5) is 2.14. The molecule has 2 aliphatic rings. The molecule has 1 saturated heterocycles. The van der Waals surface area contributed by atoms with Gasteiger partial charge in [-0.25, -0.2) is 0 Å². The fourth-order valence-corrected chi connectivity index (χ4v) is 3.86. The van der Waals surface area contributed by atoms with Gasteiger partial charge < -0.3 is 19.5 Å².